The predicted octanol–water partition coefficient (Wildman–Crippen LogP) is 2.56. The predicted molar refractivity (Wildman–Crippen MR) is 76.4 cm³/mol. The lowest BCUT2D eigenvalue weighted by molar-refractivity contribution is -0.121. The van der Waals surface area contributed by atoms with Crippen molar-refractivity contribution in [3.8, 4) is 5.75 Å². The molecule has 2 rings (SSSR count). The van der Waals surface area contributed by atoms with E-state index in [1.54, 1.807) is 0 Å². The number of rotatable bonds is 5. The fourth-order valence-electron chi connectivity index (χ4n) is 2.07. The molecule has 0 saturated heterocycles. The maximum atomic E-state index is 11.6. The molecule has 0 fully saturated rings. The molecule has 0 aliphatic heterocycles. The Bertz CT molecular complexity index is 573. The lowest BCUT2D eigenvalue weighted by Crippen LogP contribution is -2.26. The van der Waals surface area contributed by atoms with Gasteiger partial charge in [-0.25, -0.2) is 0 Å². The molecule has 1 aromatic carbocycles. The van der Waals surface area contributed by atoms with E-state index >= 15 is 0 Å². The Morgan fingerprint density at radius 3 is 2.84 bits per heavy atom. The topological polar surface area (TPSA) is 43.3 Å². The zero-order valence-corrected chi connectivity index (χ0v) is 11.6. The molecule has 0 spiro atoms. The fourth-order valence-corrected chi connectivity index (χ4v) is 2.07. The fraction of sp³-hybridized carbons (Fsp3) is 0.400. The van der Waals surface area contributed by atoms with Crippen LogP contribution >= 0.6 is 0 Å². The summed E-state index contributed by atoms with van der Waals surface area (Å²) in [5.41, 5.74) is 1.04. The normalized spacial score (nSPS) is 10.9. The first-order valence-electron chi connectivity index (χ1n) is 6.62. The van der Waals surface area contributed by atoms with Crippen LogP contribution in [0.5, 0.6) is 5.75 Å². The van der Waals surface area contributed by atoms with E-state index in [1.165, 1.54) is 0 Å². The van der Waals surface area contributed by atoms with Gasteiger partial charge in [-0.15, -0.1) is 0 Å². The second-order valence-electron chi connectivity index (χ2n) is 4.78. The van der Waals surface area contributed by atoms with Crippen LogP contribution in [0.4, 0.5) is 0 Å². The van der Waals surface area contributed by atoms with E-state index in [2.05, 4.69) is 5.32 Å². The van der Waals surface area contributed by atoms with Crippen molar-refractivity contribution in [3.05, 3.63) is 30.5 Å². The van der Waals surface area contributed by atoms with Crippen molar-refractivity contribution >= 4 is 16.8 Å². The summed E-state index contributed by atoms with van der Waals surface area (Å²) in [6, 6.07) is 7.94. The first-order valence-corrected chi connectivity index (χ1v) is 6.62. The van der Waals surface area contributed by atoms with Crippen LogP contribution in [0.3, 0.4) is 0 Å². The van der Waals surface area contributed by atoms with Gasteiger partial charge in [0, 0.05) is 23.6 Å². The number of nitrogens with one attached hydrogen (secondary N) is 1. The van der Waals surface area contributed by atoms with E-state index in [0.717, 1.165) is 16.7 Å². The van der Waals surface area contributed by atoms with E-state index < -0.39 is 0 Å². The summed E-state index contributed by atoms with van der Waals surface area (Å²) < 4.78 is 7.61. The summed E-state index contributed by atoms with van der Waals surface area (Å²) in [6.07, 6.45) is 2.09. The molecule has 0 aliphatic rings. The van der Waals surface area contributed by atoms with Gasteiger partial charge in [0.05, 0.1) is 6.10 Å². The van der Waals surface area contributed by atoms with Crippen molar-refractivity contribution in [2.75, 3.05) is 6.54 Å². The van der Waals surface area contributed by atoms with Crippen molar-refractivity contribution < 1.29 is 9.53 Å². The molecule has 1 N–H and O–H groups in total. The average Bonchev–Trinajstić information content (AvgIpc) is 2.71. The lowest BCUT2D eigenvalue weighted by atomic mass is 10.2. The van der Waals surface area contributed by atoms with Crippen LogP contribution in [0.1, 0.15) is 20.8 Å². The summed E-state index contributed by atoms with van der Waals surface area (Å²) in [4.78, 5) is 11.6. The smallest absolute Gasteiger partial charge is 0.239 e. The minimum Gasteiger partial charge on any atom is -0.491 e. The Balaban J connectivity index is 2.21. The zero-order valence-electron chi connectivity index (χ0n) is 11.6. The van der Waals surface area contributed by atoms with Crippen LogP contribution in [0, 0.1) is 0 Å². The molecule has 0 saturated carbocycles. The van der Waals surface area contributed by atoms with E-state index in [-0.39, 0.29) is 12.0 Å². The van der Waals surface area contributed by atoms with Gasteiger partial charge in [0.1, 0.15) is 12.3 Å². The summed E-state index contributed by atoms with van der Waals surface area (Å²) in [5.74, 6) is 0.890. The van der Waals surface area contributed by atoms with Crippen LogP contribution in [0.25, 0.3) is 10.9 Å². The zero-order chi connectivity index (χ0) is 13.8. The van der Waals surface area contributed by atoms with Crippen molar-refractivity contribution in [2.45, 2.75) is 33.4 Å². The SMILES string of the molecule is CCNC(=O)Cn1ccc2cc(OC(C)C)ccc21. The molecular formula is C15H20N2O2. The third-order valence-corrected chi connectivity index (χ3v) is 2.80. The molecule has 0 atom stereocenters. The van der Waals surface area contributed by atoms with E-state index in [9.17, 15) is 4.79 Å². The van der Waals surface area contributed by atoms with Gasteiger partial charge in [-0.3, -0.25) is 4.79 Å². The van der Waals surface area contributed by atoms with Gasteiger partial charge in [0.15, 0.2) is 0 Å². The maximum absolute atomic E-state index is 11.6. The monoisotopic (exact) mass is 260 g/mol. The molecule has 0 bridgehead atoms. The number of benzene rings is 1. The first kappa shape index (κ1) is 13.5. The van der Waals surface area contributed by atoms with Gasteiger partial charge < -0.3 is 14.6 Å². The van der Waals surface area contributed by atoms with Crippen LogP contribution in [0.15, 0.2) is 30.5 Å². The molecule has 4 heteroatoms. The van der Waals surface area contributed by atoms with Gasteiger partial charge in [-0.05, 0) is 45.0 Å². The molecule has 0 radical (unpaired) electrons. The highest BCUT2D eigenvalue weighted by Crippen LogP contribution is 2.22. The van der Waals surface area contributed by atoms with Crippen molar-refractivity contribution in [2.24, 2.45) is 0 Å². The molecule has 0 aliphatic carbocycles. The van der Waals surface area contributed by atoms with Gasteiger partial charge in [-0.2, -0.15) is 0 Å². The molecular weight excluding hydrogens is 240 g/mol. The highest BCUT2D eigenvalue weighted by Gasteiger charge is 2.07. The highest BCUT2D eigenvalue weighted by molar-refractivity contribution is 5.84. The van der Waals surface area contributed by atoms with Crippen molar-refractivity contribution in [3.63, 3.8) is 0 Å². The molecule has 19 heavy (non-hydrogen) atoms. The number of aromatic nitrogens is 1. The maximum Gasteiger partial charge on any atom is 0.239 e. The number of nitrogens with zero attached hydrogens (tertiary/aromatic N) is 1. The highest BCUT2D eigenvalue weighted by atomic mass is 16.5. The number of hydrogen-bond acceptors (Lipinski definition) is 2. The number of ether oxygens (including phenoxy) is 1. The number of carbonyl (C=O) groups is 1. The number of fused-ring (bicyclic) bond motifs is 1. The van der Waals surface area contributed by atoms with Crippen LogP contribution in [0.2, 0.25) is 0 Å². The molecule has 4 nitrogen and oxygen atoms in total. The van der Waals surface area contributed by atoms with E-state index in [1.807, 2.05) is 55.8 Å². The van der Waals surface area contributed by atoms with Gasteiger partial charge in [0.2, 0.25) is 5.91 Å². The summed E-state index contributed by atoms with van der Waals surface area (Å²) in [5, 5.41) is 3.89. The Labute approximate surface area is 113 Å². The Morgan fingerprint density at radius 1 is 1.37 bits per heavy atom. The number of hydrogen-bond donors (Lipinski definition) is 1. The first-order chi connectivity index (χ1) is 9.10. The van der Waals surface area contributed by atoms with Gasteiger partial charge in [0.25, 0.3) is 0 Å². The third kappa shape index (κ3) is 3.28. The number of carbonyl (C=O) groups excluding carboxylic acids is 1. The summed E-state index contributed by atoms with van der Waals surface area (Å²) in [7, 11) is 0. The molecule has 1 aromatic heterocycles. The van der Waals surface area contributed by atoms with Crippen LogP contribution < -0.4 is 10.1 Å². The summed E-state index contributed by atoms with van der Waals surface area (Å²) in [6.45, 7) is 6.93. The lowest BCUT2D eigenvalue weighted by Gasteiger charge is -2.10. The number of likely N-dealkylation sites (N-methyl/N-ethyl adjacent to an activating group) is 1. The van der Waals surface area contributed by atoms with E-state index in [0.29, 0.717) is 13.1 Å². The Kier molecular flexibility index (Phi) is 4.10. The molecule has 0 unspecified atom stereocenters. The van der Waals surface area contributed by atoms with Crippen molar-refractivity contribution in [1.82, 2.24) is 9.88 Å². The second-order valence-corrected chi connectivity index (χ2v) is 4.78. The van der Waals surface area contributed by atoms with E-state index in [4.69, 9.17) is 4.74 Å². The van der Waals surface area contributed by atoms with Crippen LogP contribution in [-0.2, 0) is 11.3 Å². The number of amides is 1. The largest absolute Gasteiger partial charge is 0.491 e. The Morgan fingerprint density at radius 2 is 2.16 bits per heavy atom. The van der Waals surface area contributed by atoms with Crippen molar-refractivity contribution in [1.29, 1.82) is 0 Å². The summed E-state index contributed by atoms with van der Waals surface area (Å²) >= 11 is 0. The molecule has 1 amide bonds. The third-order valence-electron chi connectivity index (χ3n) is 2.80. The van der Waals surface area contributed by atoms with Gasteiger partial charge in [-0.1, -0.05) is 0 Å². The minimum absolute atomic E-state index is 0.0301. The molecule has 1 heterocycles. The average molecular weight is 260 g/mol. The molecule has 102 valence electrons. The van der Waals surface area contributed by atoms with Crippen LogP contribution in [-0.4, -0.2) is 23.1 Å². The van der Waals surface area contributed by atoms with Gasteiger partial charge >= 0.3 is 0 Å². The molecule has 2 aromatic rings. The standard InChI is InChI=1S/C15H20N2O2/c1-4-16-15(18)10-17-8-7-12-9-13(19-11(2)3)5-6-14(12)17/h5-9,11H,4,10H2,1-3H3,(H,16,18). The minimum atomic E-state index is 0.0301. The Hall–Kier alpha value is -1.97. The second kappa shape index (κ2) is 5.78. The quantitative estimate of drug-likeness (QED) is 0.898.